The summed E-state index contributed by atoms with van der Waals surface area (Å²) in [4.78, 5) is 27.6. The fraction of sp³-hybridized carbons (Fsp3) is 0.500. The number of carbonyl (C=O) groups is 2. The van der Waals surface area contributed by atoms with Crippen LogP contribution in [0.25, 0.3) is 0 Å². The number of halogens is 1. The van der Waals surface area contributed by atoms with Crippen molar-refractivity contribution in [3.05, 3.63) is 71.0 Å². The van der Waals surface area contributed by atoms with Gasteiger partial charge in [0.25, 0.3) is 0 Å². The molecule has 1 fully saturated rings. The lowest BCUT2D eigenvalue weighted by Crippen LogP contribution is -2.52. The zero-order chi connectivity index (χ0) is 24.8. The summed E-state index contributed by atoms with van der Waals surface area (Å²) in [5, 5.41) is 3.10. The van der Waals surface area contributed by atoms with Gasteiger partial charge in [0.15, 0.2) is 0 Å². The molecule has 5 nitrogen and oxygen atoms in total. The minimum atomic E-state index is -0.771. The fourth-order valence-corrected chi connectivity index (χ4v) is 4.38. The van der Waals surface area contributed by atoms with Gasteiger partial charge in [-0.05, 0) is 75.6 Å². The molecule has 1 aliphatic rings. The highest BCUT2D eigenvalue weighted by molar-refractivity contribution is 5.83. The number of carbonyl (C=O) groups excluding carboxylic acids is 2. The molecule has 1 saturated heterocycles. The minimum absolute atomic E-state index is 0.0789. The Balaban J connectivity index is 1.68. The smallest absolute Gasteiger partial charge is 0.410 e. The average Bonchev–Trinajstić information content (AvgIpc) is 2.80. The molecule has 1 heterocycles. The zero-order valence-electron chi connectivity index (χ0n) is 20.8. The van der Waals surface area contributed by atoms with E-state index in [-0.39, 0.29) is 17.8 Å². The molecule has 2 aromatic rings. The molecule has 34 heavy (non-hydrogen) atoms. The molecular formula is C28H37FN2O3. The third-order valence-electron chi connectivity index (χ3n) is 6.47. The van der Waals surface area contributed by atoms with E-state index in [1.165, 1.54) is 17.2 Å². The Labute approximate surface area is 202 Å². The molecule has 0 aromatic heterocycles. The molecule has 0 atom stereocenters. The van der Waals surface area contributed by atoms with Crippen LogP contribution in [0.15, 0.2) is 48.5 Å². The second kappa shape index (κ2) is 11.0. The molecule has 0 bridgehead atoms. The van der Waals surface area contributed by atoms with E-state index in [0.29, 0.717) is 44.5 Å². The van der Waals surface area contributed by atoms with E-state index in [1.807, 2.05) is 20.8 Å². The lowest BCUT2D eigenvalue weighted by molar-refractivity contribution is -0.134. The van der Waals surface area contributed by atoms with Crippen LogP contribution in [0, 0.1) is 11.2 Å². The van der Waals surface area contributed by atoms with Crippen molar-refractivity contribution in [3.8, 4) is 0 Å². The fourth-order valence-electron chi connectivity index (χ4n) is 4.38. The summed E-state index contributed by atoms with van der Waals surface area (Å²) in [7, 11) is 0. The molecule has 0 aliphatic carbocycles. The SMILES string of the molecule is CCc1ccc(CCNC(=O)C2(Cc3ccccc3F)CCN(C(=O)OC(C)(C)C)CC2)cc1. The van der Waals surface area contributed by atoms with Gasteiger partial charge in [-0.25, -0.2) is 9.18 Å². The highest BCUT2D eigenvalue weighted by Crippen LogP contribution is 2.36. The normalized spacial score (nSPS) is 15.6. The molecule has 184 valence electrons. The standard InChI is InChI=1S/C28H37FN2O3/c1-5-21-10-12-22(13-11-21)14-17-30-25(32)28(20-23-8-6-7-9-24(23)29)15-18-31(19-16-28)26(33)34-27(2,3)4/h6-13H,5,14-20H2,1-4H3,(H,30,32). The third kappa shape index (κ3) is 6.81. The second-order valence-corrected chi connectivity index (χ2v) is 10.2. The first kappa shape index (κ1) is 25.7. The van der Waals surface area contributed by atoms with Crippen molar-refractivity contribution in [1.82, 2.24) is 10.2 Å². The predicted molar refractivity (Wildman–Crippen MR) is 132 cm³/mol. The van der Waals surface area contributed by atoms with Crippen LogP contribution in [0.3, 0.4) is 0 Å². The first-order chi connectivity index (χ1) is 16.1. The Morgan fingerprint density at radius 3 is 2.24 bits per heavy atom. The first-order valence-corrected chi connectivity index (χ1v) is 12.2. The molecule has 1 N–H and O–H groups in total. The van der Waals surface area contributed by atoms with Gasteiger partial charge in [0.2, 0.25) is 5.91 Å². The molecule has 0 unspecified atom stereocenters. The predicted octanol–water partition coefficient (Wildman–Crippen LogP) is 5.31. The van der Waals surface area contributed by atoms with Gasteiger partial charge in [0.1, 0.15) is 11.4 Å². The highest BCUT2D eigenvalue weighted by Gasteiger charge is 2.43. The number of nitrogens with one attached hydrogen (secondary N) is 1. The maximum atomic E-state index is 14.5. The molecule has 2 amide bonds. The van der Waals surface area contributed by atoms with Crippen LogP contribution in [0.1, 0.15) is 57.2 Å². The summed E-state index contributed by atoms with van der Waals surface area (Å²) in [6.45, 7) is 8.93. The van der Waals surface area contributed by atoms with E-state index in [2.05, 4.69) is 36.5 Å². The lowest BCUT2D eigenvalue weighted by Gasteiger charge is -2.41. The molecule has 0 spiro atoms. The van der Waals surface area contributed by atoms with Crippen LogP contribution in [-0.2, 0) is 28.8 Å². The summed E-state index contributed by atoms with van der Waals surface area (Å²) < 4.78 is 20.0. The Morgan fingerprint density at radius 1 is 1.03 bits per heavy atom. The Kier molecular flexibility index (Phi) is 8.34. The maximum absolute atomic E-state index is 14.5. The third-order valence-corrected chi connectivity index (χ3v) is 6.47. The molecule has 0 saturated carbocycles. The summed E-state index contributed by atoms with van der Waals surface area (Å²) in [6.07, 6.45) is 2.57. The van der Waals surface area contributed by atoms with Crippen LogP contribution >= 0.6 is 0 Å². The minimum Gasteiger partial charge on any atom is -0.444 e. The summed E-state index contributed by atoms with van der Waals surface area (Å²) in [6, 6.07) is 15.0. The van der Waals surface area contributed by atoms with Crippen LogP contribution < -0.4 is 5.32 Å². The molecule has 2 aromatic carbocycles. The maximum Gasteiger partial charge on any atom is 0.410 e. The van der Waals surface area contributed by atoms with Crippen LogP contribution in [0.5, 0.6) is 0 Å². The Hall–Kier alpha value is -2.89. The van der Waals surface area contributed by atoms with Gasteiger partial charge in [-0.3, -0.25) is 4.79 Å². The number of aryl methyl sites for hydroxylation is 1. The number of rotatable bonds is 7. The van der Waals surface area contributed by atoms with E-state index in [0.717, 1.165) is 12.8 Å². The number of benzene rings is 2. The Morgan fingerprint density at radius 2 is 1.65 bits per heavy atom. The van der Waals surface area contributed by atoms with E-state index in [9.17, 15) is 14.0 Å². The van der Waals surface area contributed by atoms with E-state index < -0.39 is 11.0 Å². The number of hydrogen-bond acceptors (Lipinski definition) is 3. The quantitative estimate of drug-likeness (QED) is 0.599. The summed E-state index contributed by atoms with van der Waals surface area (Å²) in [5.41, 5.74) is 1.63. The van der Waals surface area contributed by atoms with Crippen molar-refractivity contribution in [2.45, 2.75) is 65.4 Å². The monoisotopic (exact) mass is 468 g/mol. The average molecular weight is 469 g/mol. The van der Waals surface area contributed by atoms with Crippen molar-refractivity contribution in [3.63, 3.8) is 0 Å². The van der Waals surface area contributed by atoms with Gasteiger partial charge < -0.3 is 15.0 Å². The zero-order valence-corrected chi connectivity index (χ0v) is 20.8. The summed E-state index contributed by atoms with van der Waals surface area (Å²) in [5.74, 6) is -0.384. The molecule has 1 aliphatic heterocycles. The van der Waals surface area contributed by atoms with Gasteiger partial charge in [-0.15, -0.1) is 0 Å². The Bertz CT molecular complexity index is 974. The number of piperidine rings is 1. The molecular weight excluding hydrogens is 431 g/mol. The molecule has 0 radical (unpaired) electrons. The number of ether oxygens (including phenoxy) is 1. The van der Waals surface area contributed by atoms with E-state index in [1.54, 1.807) is 23.1 Å². The van der Waals surface area contributed by atoms with Crippen molar-refractivity contribution in [1.29, 1.82) is 0 Å². The van der Waals surface area contributed by atoms with Crippen LogP contribution in [0.2, 0.25) is 0 Å². The van der Waals surface area contributed by atoms with E-state index >= 15 is 0 Å². The molecule has 3 rings (SSSR count). The first-order valence-electron chi connectivity index (χ1n) is 12.2. The van der Waals surface area contributed by atoms with E-state index in [4.69, 9.17) is 4.74 Å². The van der Waals surface area contributed by atoms with Crippen molar-refractivity contribution in [2.24, 2.45) is 5.41 Å². The van der Waals surface area contributed by atoms with Gasteiger partial charge in [-0.1, -0.05) is 49.4 Å². The van der Waals surface area contributed by atoms with Crippen LogP contribution in [-0.4, -0.2) is 42.1 Å². The van der Waals surface area contributed by atoms with Gasteiger partial charge in [0.05, 0.1) is 5.41 Å². The van der Waals surface area contributed by atoms with Gasteiger partial charge >= 0.3 is 6.09 Å². The van der Waals surface area contributed by atoms with Gasteiger partial charge in [0, 0.05) is 19.6 Å². The lowest BCUT2D eigenvalue weighted by atomic mass is 9.73. The van der Waals surface area contributed by atoms with Crippen molar-refractivity contribution in [2.75, 3.05) is 19.6 Å². The van der Waals surface area contributed by atoms with Gasteiger partial charge in [-0.2, -0.15) is 0 Å². The number of amides is 2. The topological polar surface area (TPSA) is 58.6 Å². The van der Waals surface area contributed by atoms with Crippen molar-refractivity contribution < 1.29 is 18.7 Å². The number of hydrogen-bond donors (Lipinski definition) is 1. The summed E-state index contributed by atoms with van der Waals surface area (Å²) >= 11 is 0. The largest absolute Gasteiger partial charge is 0.444 e. The second-order valence-electron chi connectivity index (χ2n) is 10.2. The van der Waals surface area contributed by atoms with Crippen molar-refractivity contribution >= 4 is 12.0 Å². The van der Waals surface area contributed by atoms with Crippen LogP contribution in [0.4, 0.5) is 9.18 Å². The highest BCUT2D eigenvalue weighted by atomic mass is 19.1. The number of nitrogens with zero attached hydrogens (tertiary/aromatic N) is 1. The molecule has 6 heteroatoms. The number of likely N-dealkylation sites (tertiary alicyclic amines) is 1.